The van der Waals surface area contributed by atoms with E-state index in [9.17, 15) is 0 Å². The van der Waals surface area contributed by atoms with Gasteiger partial charge in [-0.3, -0.25) is 0 Å². The predicted octanol–water partition coefficient (Wildman–Crippen LogP) is 4.20. The number of nitrogens with zero attached hydrogens (tertiary/aromatic N) is 2. The topological polar surface area (TPSA) is 25.8 Å². The standard InChI is InChI=1S/C12H6BrClN2/c13-10-5-9-11(15-6-16-12(9)14)8-4-2-1-3-7(8)10/h1-6H. The van der Waals surface area contributed by atoms with Crippen molar-refractivity contribution in [3.63, 3.8) is 0 Å². The molecule has 0 spiro atoms. The summed E-state index contributed by atoms with van der Waals surface area (Å²) in [7, 11) is 0. The minimum absolute atomic E-state index is 0.483. The second-order valence-corrected chi connectivity index (χ2v) is 4.68. The highest BCUT2D eigenvalue weighted by atomic mass is 79.9. The van der Waals surface area contributed by atoms with E-state index in [1.807, 2.05) is 24.3 Å². The molecule has 16 heavy (non-hydrogen) atoms. The zero-order chi connectivity index (χ0) is 11.1. The Balaban J connectivity index is 2.64. The third kappa shape index (κ3) is 1.39. The van der Waals surface area contributed by atoms with Gasteiger partial charge in [0.2, 0.25) is 0 Å². The molecule has 2 nitrogen and oxygen atoms in total. The van der Waals surface area contributed by atoms with Crippen molar-refractivity contribution in [2.45, 2.75) is 0 Å². The van der Waals surface area contributed by atoms with Crippen molar-refractivity contribution in [3.05, 3.63) is 46.3 Å². The van der Waals surface area contributed by atoms with E-state index in [0.717, 1.165) is 26.1 Å². The van der Waals surface area contributed by atoms with Gasteiger partial charge in [-0.2, -0.15) is 0 Å². The second-order valence-electron chi connectivity index (χ2n) is 3.46. The van der Waals surface area contributed by atoms with Gasteiger partial charge in [-0.25, -0.2) is 9.97 Å². The van der Waals surface area contributed by atoms with Crippen LogP contribution in [-0.4, -0.2) is 9.97 Å². The number of benzene rings is 2. The van der Waals surface area contributed by atoms with Crippen LogP contribution in [0, 0.1) is 0 Å². The molecule has 2 aromatic carbocycles. The highest BCUT2D eigenvalue weighted by Gasteiger charge is 2.08. The van der Waals surface area contributed by atoms with E-state index >= 15 is 0 Å². The van der Waals surface area contributed by atoms with Gasteiger partial charge >= 0.3 is 0 Å². The average molecular weight is 294 g/mol. The van der Waals surface area contributed by atoms with Crippen LogP contribution in [0.4, 0.5) is 0 Å². The third-order valence-corrected chi connectivity index (χ3v) is 3.50. The number of hydrogen-bond donors (Lipinski definition) is 0. The maximum Gasteiger partial charge on any atom is 0.140 e. The lowest BCUT2D eigenvalue weighted by atomic mass is 10.1. The number of hydrogen-bond acceptors (Lipinski definition) is 2. The maximum atomic E-state index is 6.06. The molecule has 0 unspecified atom stereocenters. The van der Waals surface area contributed by atoms with Crippen LogP contribution in [0.15, 0.2) is 41.1 Å². The molecular formula is C12H6BrClN2. The van der Waals surface area contributed by atoms with Crippen LogP contribution in [0.3, 0.4) is 0 Å². The van der Waals surface area contributed by atoms with Crippen LogP contribution in [0.5, 0.6) is 0 Å². The van der Waals surface area contributed by atoms with Crippen molar-refractivity contribution in [1.29, 1.82) is 0 Å². The fraction of sp³-hybridized carbons (Fsp3) is 0. The van der Waals surface area contributed by atoms with Crippen LogP contribution >= 0.6 is 27.5 Å². The normalized spacial score (nSPS) is 11.1. The molecule has 78 valence electrons. The van der Waals surface area contributed by atoms with E-state index in [0.29, 0.717) is 5.15 Å². The van der Waals surface area contributed by atoms with E-state index in [4.69, 9.17) is 11.6 Å². The Hall–Kier alpha value is -1.19. The van der Waals surface area contributed by atoms with Crippen LogP contribution in [0.25, 0.3) is 21.7 Å². The largest absolute Gasteiger partial charge is 0.236 e. The Morgan fingerprint density at radius 3 is 2.56 bits per heavy atom. The van der Waals surface area contributed by atoms with E-state index < -0.39 is 0 Å². The third-order valence-electron chi connectivity index (χ3n) is 2.55. The molecule has 0 aliphatic carbocycles. The first-order valence-corrected chi connectivity index (χ1v) is 5.92. The fourth-order valence-electron chi connectivity index (χ4n) is 1.82. The Labute approximate surface area is 105 Å². The van der Waals surface area contributed by atoms with Gasteiger partial charge in [-0.05, 0) is 11.5 Å². The van der Waals surface area contributed by atoms with Crippen molar-refractivity contribution < 1.29 is 0 Å². The smallest absolute Gasteiger partial charge is 0.140 e. The summed E-state index contributed by atoms with van der Waals surface area (Å²) in [6.07, 6.45) is 1.49. The summed E-state index contributed by atoms with van der Waals surface area (Å²) < 4.78 is 1.01. The molecule has 0 aliphatic heterocycles. The van der Waals surface area contributed by atoms with E-state index in [1.165, 1.54) is 6.33 Å². The van der Waals surface area contributed by atoms with Gasteiger partial charge in [0.25, 0.3) is 0 Å². The zero-order valence-electron chi connectivity index (χ0n) is 8.11. The number of halogens is 2. The van der Waals surface area contributed by atoms with Crippen molar-refractivity contribution in [3.8, 4) is 0 Å². The Morgan fingerprint density at radius 1 is 1.00 bits per heavy atom. The summed E-state index contributed by atoms with van der Waals surface area (Å²) in [6.45, 7) is 0. The molecule has 0 fully saturated rings. The van der Waals surface area contributed by atoms with Crippen LogP contribution in [0.1, 0.15) is 0 Å². The summed E-state index contributed by atoms with van der Waals surface area (Å²) in [5.41, 5.74) is 0.888. The van der Waals surface area contributed by atoms with Crippen LogP contribution in [-0.2, 0) is 0 Å². The molecule has 0 radical (unpaired) electrons. The highest BCUT2D eigenvalue weighted by Crippen LogP contribution is 2.32. The first-order valence-electron chi connectivity index (χ1n) is 4.75. The molecular weight excluding hydrogens is 288 g/mol. The molecule has 3 rings (SSSR count). The molecule has 1 aromatic heterocycles. The van der Waals surface area contributed by atoms with Gasteiger partial charge in [0.15, 0.2) is 0 Å². The molecule has 1 heterocycles. The first kappa shape index (κ1) is 10.00. The fourth-order valence-corrected chi connectivity index (χ4v) is 2.58. The van der Waals surface area contributed by atoms with Crippen LogP contribution < -0.4 is 0 Å². The van der Waals surface area contributed by atoms with Gasteiger partial charge < -0.3 is 0 Å². The van der Waals surface area contributed by atoms with Gasteiger partial charge in [0, 0.05) is 15.2 Å². The molecule has 0 saturated heterocycles. The van der Waals surface area contributed by atoms with E-state index in [-0.39, 0.29) is 0 Å². The Morgan fingerprint density at radius 2 is 1.75 bits per heavy atom. The maximum absolute atomic E-state index is 6.06. The quantitative estimate of drug-likeness (QED) is 0.458. The summed E-state index contributed by atoms with van der Waals surface area (Å²) in [5.74, 6) is 0. The molecule has 0 aliphatic rings. The number of fused-ring (bicyclic) bond motifs is 3. The minimum Gasteiger partial charge on any atom is -0.236 e. The van der Waals surface area contributed by atoms with Crippen molar-refractivity contribution in [2.24, 2.45) is 0 Å². The summed E-state index contributed by atoms with van der Waals surface area (Å²) in [4.78, 5) is 8.28. The molecule has 4 heteroatoms. The molecule has 3 aromatic rings. The highest BCUT2D eigenvalue weighted by molar-refractivity contribution is 9.10. The Kier molecular flexibility index (Phi) is 2.30. The molecule has 0 N–H and O–H groups in total. The summed E-state index contributed by atoms with van der Waals surface area (Å²) in [5, 5.41) is 3.56. The summed E-state index contributed by atoms with van der Waals surface area (Å²) >= 11 is 9.60. The van der Waals surface area contributed by atoms with E-state index in [1.54, 1.807) is 0 Å². The minimum atomic E-state index is 0.483. The lowest BCUT2D eigenvalue weighted by Gasteiger charge is -2.05. The van der Waals surface area contributed by atoms with Crippen molar-refractivity contribution >= 4 is 49.2 Å². The van der Waals surface area contributed by atoms with Gasteiger partial charge in [0.05, 0.1) is 5.52 Å². The summed E-state index contributed by atoms with van der Waals surface area (Å²) in [6, 6.07) is 10.0. The second kappa shape index (κ2) is 3.68. The lowest BCUT2D eigenvalue weighted by Crippen LogP contribution is -1.86. The van der Waals surface area contributed by atoms with Gasteiger partial charge in [-0.1, -0.05) is 51.8 Å². The molecule has 0 saturated carbocycles. The first-order chi connectivity index (χ1) is 7.77. The predicted molar refractivity (Wildman–Crippen MR) is 69.8 cm³/mol. The molecule has 0 amide bonds. The van der Waals surface area contributed by atoms with Crippen LogP contribution in [0.2, 0.25) is 5.15 Å². The molecule has 0 atom stereocenters. The molecule has 0 bridgehead atoms. The van der Waals surface area contributed by atoms with Crippen molar-refractivity contribution in [1.82, 2.24) is 9.97 Å². The number of rotatable bonds is 0. The SMILES string of the molecule is Clc1ncnc2c1cc(Br)c1ccccc12. The van der Waals surface area contributed by atoms with Crippen molar-refractivity contribution in [2.75, 3.05) is 0 Å². The van der Waals surface area contributed by atoms with Gasteiger partial charge in [-0.15, -0.1) is 0 Å². The zero-order valence-corrected chi connectivity index (χ0v) is 10.5. The monoisotopic (exact) mass is 292 g/mol. The Bertz CT molecular complexity index is 692. The lowest BCUT2D eigenvalue weighted by molar-refractivity contribution is 1.23. The van der Waals surface area contributed by atoms with E-state index in [2.05, 4.69) is 32.0 Å². The average Bonchev–Trinajstić information content (AvgIpc) is 2.31. The number of aromatic nitrogens is 2. The van der Waals surface area contributed by atoms with Gasteiger partial charge in [0.1, 0.15) is 11.5 Å².